The first-order valence-corrected chi connectivity index (χ1v) is 14.3. The van der Waals surface area contributed by atoms with Gasteiger partial charge in [0.2, 0.25) is 0 Å². The smallest absolute Gasteiger partial charge is 0.308 e. The van der Waals surface area contributed by atoms with E-state index >= 15 is 0 Å². The van der Waals surface area contributed by atoms with E-state index in [0.717, 1.165) is 11.1 Å². The van der Waals surface area contributed by atoms with Crippen LogP contribution in [0.3, 0.4) is 0 Å². The Labute approximate surface area is 237 Å². The summed E-state index contributed by atoms with van der Waals surface area (Å²) in [6, 6.07) is 0. The molecule has 0 saturated heterocycles. The van der Waals surface area contributed by atoms with E-state index < -0.39 is 71.1 Å². The highest BCUT2D eigenvalue weighted by atomic mass is 16.6. The molecule has 9 atom stereocenters. The summed E-state index contributed by atoms with van der Waals surface area (Å²) < 4.78 is 24.3. The van der Waals surface area contributed by atoms with E-state index in [2.05, 4.69) is 6.58 Å². The van der Waals surface area contributed by atoms with E-state index in [1.807, 2.05) is 41.5 Å². The number of fused-ring (bicyclic) bond motifs is 3. The summed E-state index contributed by atoms with van der Waals surface area (Å²) in [5, 5.41) is 11.0. The van der Waals surface area contributed by atoms with Crippen molar-refractivity contribution < 1.29 is 43.2 Å². The number of aliphatic hydroxyl groups excluding tert-OH is 1. The zero-order chi connectivity index (χ0) is 30.3. The summed E-state index contributed by atoms with van der Waals surface area (Å²) in [4.78, 5) is 50.9. The fourth-order valence-corrected chi connectivity index (χ4v) is 7.55. The molecule has 0 radical (unpaired) electrons. The Kier molecular flexibility index (Phi) is 9.29. The van der Waals surface area contributed by atoms with E-state index in [4.69, 9.17) is 18.9 Å². The number of hydrogen-bond donors (Lipinski definition) is 1. The molecule has 3 aliphatic carbocycles. The first kappa shape index (κ1) is 31.8. The molecule has 0 aromatic carbocycles. The molecule has 2 bridgehead atoms. The number of ether oxygens (including phenoxy) is 4. The fraction of sp³-hybridized carbons (Fsp3) is 0.742. The minimum atomic E-state index is -0.953. The second-order valence-corrected chi connectivity index (χ2v) is 12.7. The van der Waals surface area contributed by atoms with Crippen LogP contribution in [0.4, 0.5) is 0 Å². The lowest BCUT2D eigenvalue weighted by molar-refractivity contribution is -0.211. The maximum absolute atomic E-state index is 13.1. The number of aliphatic hydroxyl groups is 1. The Morgan fingerprint density at radius 3 is 2.10 bits per heavy atom. The van der Waals surface area contributed by atoms with Crippen molar-refractivity contribution in [3.05, 3.63) is 23.3 Å². The first-order valence-electron chi connectivity index (χ1n) is 14.3. The third kappa shape index (κ3) is 5.71. The minimum Gasteiger partial charge on any atom is -0.461 e. The SMILES string of the molecule is C=C1[C@@H](O)CC[C@@]2(C)[C@@H](OC(C)=O)[C@H](OC(C)=O)C3=C(C)C[C@H](OC(=O)C(C)CC)[C@@H]([C@@H](OC(C)=O)[C@H]12)C3(C)C. The Bertz CT molecular complexity index is 1090. The van der Waals surface area contributed by atoms with Gasteiger partial charge in [-0.15, -0.1) is 0 Å². The van der Waals surface area contributed by atoms with Crippen LogP contribution in [-0.2, 0) is 38.1 Å². The van der Waals surface area contributed by atoms with E-state index in [9.17, 15) is 24.3 Å². The summed E-state index contributed by atoms with van der Waals surface area (Å²) >= 11 is 0. The number of carbonyl (C=O) groups is 4. The van der Waals surface area contributed by atoms with Crippen LogP contribution in [0, 0.1) is 28.6 Å². The van der Waals surface area contributed by atoms with Crippen molar-refractivity contribution in [3.8, 4) is 0 Å². The van der Waals surface area contributed by atoms with E-state index in [-0.39, 0.29) is 11.9 Å². The van der Waals surface area contributed by atoms with Crippen molar-refractivity contribution in [2.45, 2.75) is 119 Å². The highest BCUT2D eigenvalue weighted by Gasteiger charge is 2.65. The standard InChI is InChI=1S/C31H46O9/c1-11-15(2)29(36)40-22-14-16(3)23-27(38-19(6)33)28(39-20(7)34)31(10)13-12-21(35)17(4)24(31)26(37-18(5)32)25(22)30(23,8)9/h15,21-22,24-28,35H,4,11-14H2,1-3,5-10H3/t15?,21-,22-,24-,25-,26-,27+,28-,31+/m0/s1. The number of hydrogen-bond acceptors (Lipinski definition) is 9. The van der Waals surface area contributed by atoms with Crippen molar-refractivity contribution >= 4 is 23.9 Å². The zero-order valence-corrected chi connectivity index (χ0v) is 25.4. The molecule has 0 amide bonds. The van der Waals surface area contributed by atoms with Crippen LogP contribution in [-0.4, -0.2) is 59.5 Å². The predicted molar refractivity (Wildman–Crippen MR) is 147 cm³/mol. The third-order valence-corrected chi connectivity index (χ3v) is 9.45. The molecule has 3 rings (SSSR count). The molecule has 3 aliphatic rings. The molecular formula is C31H46O9. The number of esters is 4. The second kappa shape index (κ2) is 11.7. The van der Waals surface area contributed by atoms with Gasteiger partial charge in [-0.3, -0.25) is 19.2 Å². The minimum absolute atomic E-state index is 0.312. The van der Waals surface area contributed by atoms with Gasteiger partial charge in [0.1, 0.15) is 18.3 Å². The average Bonchev–Trinajstić information content (AvgIpc) is 2.81. The van der Waals surface area contributed by atoms with Gasteiger partial charge in [0.25, 0.3) is 0 Å². The van der Waals surface area contributed by atoms with Gasteiger partial charge in [-0.05, 0) is 42.7 Å². The van der Waals surface area contributed by atoms with Crippen LogP contribution in [0.2, 0.25) is 0 Å². The average molecular weight is 563 g/mol. The molecule has 40 heavy (non-hydrogen) atoms. The number of rotatable bonds is 6. The highest BCUT2D eigenvalue weighted by molar-refractivity contribution is 5.72. The van der Waals surface area contributed by atoms with Crippen LogP contribution in [0.1, 0.15) is 88.0 Å². The molecule has 2 saturated carbocycles. The molecule has 0 spiro atoms. The van der Waals surface area contributed by atoms with Crippen molar-refractivity contribution in [2.24, 2.45) is 28.6 Å². The summed E-state index contributed by atoms with van der Waals surface area (Å²) in [5.74, 6) is -3.56. The van der Waals surface area contributed by atoms with E-state index in [1.165, 1.54) is 20.8 Å². The maximum atomic E-state index is 13.1. The zero-order valence-electron chi connectivity index (χ0n) is 25.4. The largest absolute Gasteiger partial charge is 0.461 e. The normalized spacial score (nSPS) is 35.9. The van der Waals surface area contributed by atoms with Gasteiger partial charge in [-0.2, -0.15) is 0 Å². The third-order valence-electron chi connectivity index (χ3n) is 9.45. The van der Waals surface area contributed by atoms with Gasteiger partial charge in [0.05, 0.1) is 12.0 Å². The molecule has 224 valence electrons. The first-order chi connectivity index (χ1) is 18.5. The van der Waals surface area contributed by atoms with E-state index in [1.54, 1.807) is 0 Å². The molecule has 9 heteroatoms. The van der Waals surface area contributed by atoms with Gasteiger partial charge in [-0.25, -0.2) is 0 Å². The molecule has 0 heterocycles. The molecule has 2 fully saturated rings. The Hall–Kier alpha value is -2.68. The fourth-order valence-electron chi connectivity index (χ4n) is 7.55. The molecule has 9 nitrogen and oxygen atoms in total. The van der Waals surface area contributed by atoms with Gasteiger partial charge in [-0.1, -0.05) is 46.8 Å². The second-order valence-electron chi connectivity index (χ2n) is 12.7. The van der Waals surface area contributed by atoms with Crippen molar-refractivity contribution in [1.82, 2.24) is 0 Å². The molecular weight excluding hydrogens is 516 g/mol. The van der Waals surface area contributed by atoms with Gasteiger partial charge >= 0.3 is 23.9 Å². The van der Waals surface area contributed by atoms with Crippen molar-refractivity contribution in [3.63, 3.8) is 0 Å². The Balaban J connectivity index is 2.40. The van der Waals surface area contributed by atoms with E-state index in [0.29, 0.717) is 31.3 Å². The lowest BCUT2D eigenvalue weighted by Crippen LogP contribution is -2.65. The molecule has 0 aromatic rings. The lowest BCUT2D eigenvalue weighted by Gasteiger charge is -2.60. The molecule has 1 N–H and O–H groups in total. The molecule has 0 aromatic heterocycles. The highest BCUT2D eigenvalue weighted by Crippen LogP contribution is 2.61. The van der Waals surface area contributed by atoms with Crippen LogP contribution in [0.5, 0.6) is 0 Å². The lowest BCUT2D eigenvalue weighted by atomic mass is 9.49. The quantitative estimate of drug-likeness (QED) is 0.284. The Morgan fingerprint density at radius 1 is 1.00 bits per heavy atom. The Morgan fingerprint density at radius 2 is 1.57 bits per heavy atom. The van der Waals surface area contributed by atoms with Crippen LogP contribution < -0.4 is 0 Å². The summed E-state index contributed by atoms with van der Waals surface area (Å²) in [6.45, 7) is 19.6. The maximum Gasteiger partial charge on any atom is 0.308 e. The van der Waals surface area contributed by atoms with Gasteiger partial charge < -0.3 is 24.1 Å². The van der Waals surface area contributed by atoms with Crippen LogP contribution in [0.25, 0.3) is 0 Å². The van der Waals surface area contributed by atoms with Crippen molar-refractivity contribution in [2.75, 3.05) is 0 Å². The summed E-state index contributed by atoms with van der Waals surface area (Å²) in [5.41, 5.74) is 0.237. The van der Waals surface area contributed by atoms with Crippen LogP contribution in [0.15, 0.2) is 23.3 Å². The predicted octanol–water partition coefficient (Wildman–Crippen LogP) is 4.45. The van der Waals surface area contributed by atoms with Crippen LogP contribution >= 0.6 is 0 Å². The summed E-state index contributed by atoms with van der Waals surface area (Å²) in [6.07, 6.45) is -2.70. The molecule has 1 unspecified atom stereocenters. The van der Waals surface area contributed by atoms with Gasteiger partial charge in [0, 0.05) is 44.4 Å². The number of carbonyl (C=O) groups excluding carboxylic acids is 4. The topological polar surface area (TPSA) is 125 Å². The van der Waals surface area contributed by atoms with Gasteiger partial charge in [0.15, 0.2) is 6.10 Å². The molecule has 0 aliphatic heterocycles. The summed E-state index contributed by atoms with van der Waals surface area (Å²) in [7, 11) is 0. The monoisotopic (exact) mass is 562 g/mol. The van der Waals surface area contributed by atoms with Crippen molar-refractivity contribution in [1.29, 1.82) is 0 Å².